The third-order valence-corrected chi connectivity index (χ3v) is 3.55. The van der Waals surface area contributed by atoms with Crippen molar-refractivity contribution in [2.75, 3.05) is 13.1 Å². The van der Waals surface area contributed by atoms with Crippen molar-refractivity contribution in [2.45, 2.75) is 19.8 Å². The number of carboxylic acids is 1. The van der Waals surface area contributed by atoms with Gasteiger partial charge in [-0.1, -0.05) is 6.07 Å². The van der Waals surface area contributed by atoms with E-state index in [0.717, 1.165) is 0 Å². The number of likely N-dealkylation sites (tertiary alicyclic amines) is 1. The van der Waals surface area contributed by atoms with E-state index in [-0.39, 0.29) is 5.91 Å². The Hall–Kier alpha value is -1.91. The molecule has 1 amide bonds. The van der Waals surface area contributed by atoms with Gasteiger partial charge in [-0.2, -0.15) is 0 Å². The number of piperidine rings is 1. The highest BCUT2D eigenvalue weighted by Crippen LogP contribution is 2.31. The van der Waals surface area contributed by atoms with Gasteiger partial charge in [0, 0.05) is 19.3 Å². The molecule has 1 fully saturated rings. The van der Waals surface area contributed by atoms with Crippen molar-refractivity contribution in [3.8, 4) is 0 Å². The first-order valence-electron chi connectivity index (χ1n) is 5.97. The van der Waals surface area contributed by atoms with Crippen LogP contribution in [0, 0.1) is 5.41 Å². The Morgan fingerprint density at radius 3 is 2.50 bits per heavy atom. The van der Waals surface area contributed by atoms with E-state index >= 15 is 0 Å². The maximum atomic E-state index is 12.1. The van der Waals surface area contributed by atoms with Crippen LogP contribution in [0.1, 0.15) is 30.3 Å². The molecule has 1 saturated heterocycles. The highest BCUT2D eigenvalue weighted by Gasteiger charge is 2.38. The Labute approximate surface area is 105 Å². The molecule has 0 aliphatic carbocycles. The number of pyridine rings is 1. The molecule has 5 nitrogen and oxygen atoms in total. The molecule has 96 valence electrons. The Morgan fingerprint density at radius 2 is 2.00 bits per heavy atom. The maximum Gasteiger partial charge on any atom is 0.309 e. The van der Waals surface area contributed by atoms with E-state index in [9.17, 15) is 9.59 Å². The first-order chi connectivity index (χ1) is 8.53. The molecule has 1 aromatic rings. The highest BCUT2D eigenvalue weighted by molar-refractivity contribution is 5.92. The predicted octanol–water partition coefficient (Wildman–Crippen LogP) is 1.41. The number of carbonyl (C=O) groups is 2. The molecule has 2 rings (SSSR count). The largest absolute Gasteiger partial charge is 0.481 e. The van der Waals surface area contributed by atoms with Gasteiger partial charge in [0.25, 0.3) is 5.91 Å². The second kappa shape index (κ2) is 4.76. The summed E-state index contributed by atoms with van der Waals surface area (Å²) in [7, 11) is 0. The molecule has 1 aromatic heterocycles. The van der Waals surface area contributed by atoms with Gasteiger partial charge >= 0.3 is 5.97 Å². The van der Waals surface area contributed by atoms with E-state index in [0.29, 0.717) is 31.6 Å². The minimum atomic E-state index is -0.785. The summed E-state index contributed by atoms with van der Waals surface area (Å²) in [6.07, 6.45) is 2.56. The summed E-state index contributed by atoms with van der Waals surface area (Å²) < 4.78 is 0. The lowest BCUT2D eigenvalue weighted by molar-refractivity contribution is -0.150. The fraction of sp³-hybridized carbons (Fsp3) is 0.462. The molecule has 0 aromatic carbocycles. The first-order valence-corrected chi connectivity index (χ1v) is 5.97. The van der Waals surface area contributed by atoms with E-state index in [1.165, 1.54) is 0 Å². The van der Waals surface area contributed by atoms with Crippen molar-refractivity contribution in [2.24, 2.45) is 5.41 Å². The van der Waals surface area contributed by atoms with Gasteiger partial charge in [-0.05, 0) is 31.9 Å². The number of nitrogens with zero attached hydrogens (tertiary/aromatic N) is 2. The fourth-order valence-corrected chi connectivity index (χ4v) is 2.07. The Morgan fingerprint density at radius 1 is 1.33 bits per heavy atom. The van der Waals surface area contributed by atoms with Crippen LogP contribution in [0.2, 0.25) is 0 Å². The molecule has 0 bridgehead atoms. The molecule has 2 heterocycles. The van der Waals surface area contributed by atoms with Crippen molar-refractivity contribution >= 4 is 11.9 Å². The second-order valence-corrected chi connectivity index (χ2v) is 4.87. The average Bonchev–Trinajstić information content (AvgIpc) is 2.40. The lowest BCUT2D eigenvalue weighted by Crippen LogP contribution is -2.45. The summed E-state index contributed by atoms with van der Waals surface area (Å²) in [6.45, 7) is 2.67. The summed E-state index contributed by atoms with van der Waals surface area (Å²) in [6, 6.07) is 5.20. The molecule has 1 N–H and O–H groups in total. The van der Waals surface area contributed by atoms with Crippen LogP contribution in [0.5, 0.6) is 0 Å². The standard InChI is InChI=1S/C13H16N2O3/c1-13(12(17)18)5-8-15(9-6-13)11(16)10-4-2-3-7-14-10/h2-4,7H,5-6,8-9H2,1H3,(H,17,18). The monoisotopic (exact) mass is 248 g/mol. The van der Waals surface area contributed by atoms with Crippen LogP contribution < -0.4 is 0 Å². The molecule has 5 heteroatoms. The summed E-state index contributed by atoms with van der Waals surface area (Å²) in [5.41, 5.74) is -0.294. The van der Waals surface area contributed by atoms with Crippen LogP contribution >= 0.6 is 0 Å². The molecular formula is C13H16N2O3. The number of hydrogen-bond acceptors (Lipinski definition) is 3. The van der Waals surface area contributed by atoms with E-state index in [1.807, 2.05) is 0 Å². The van der Waals surface area contributed by atoms with Crippen molar-refractivity contribution in [1.29, 1.82) is 0 Å². The van der Waals surface area contributed by atoms with Crippen LogP contribution in [-0.4, -0.2) is 40.0 Å². The summed E-state index contributed by atoms with van der Waals surface area (Å²) in [5, 5.41) is 9.12. The first kappa shape index (κ1) is 12.5. The smallest absolute Gasteiger partial charge is 0.309 e. The molecule has 1 aliphatic heterocycles. The molecule has 0 saturated carbocycles. The number of amides is 1. The zero-order chi connectivity index (χ0) is 13.2. The average molecular weight is 248 g/mol. The van der Waals surface area contributed by atoms with Crippen molar-refractivity contribution in [3.63, 3.8) is 0 Å². The van der Waals surface area contributed by atoms with E-state index in [2.05, 4.69) is 4.98 Å². The number of aromatic nitrogens is 1. The maximum absolute atomic E-state index is 12.1. The predicted molar refractivity (Wildman–Crippen MR) is 65.1 cm³/mol. The SMILES string of the molecule is CC1(C(=O)O)CCN(C(=O)c2ccccn2)CC1. The lowest BCUT2D eigenvalue weighted by Gasteiger charge is -2.36. The van der Waals surface area contributed by atoms with Gasteiger partial charge in [0.1, 0.15) is 5.69 Å². The lowest BCUT2D eigenvalue weighted by atomic mass is 9.80. The third kappa shape index (κ3) is 2.34. The van der Waals surface area contributed by atoms with Gasteiger partial charge in [-0.15, -0.1) is 0 Å². The molecular weight excluding hydrogens is 232 g/mol. The van der Waals surface area contributed by atoms with Crippen molar-refractivity contribution in [1.82, 2.24) is 9.88 Å². The topological polar surface area (TPSA) is 70.5 Å². The van der Waals surface area contributed by atoms with Crippen LogP contribution in [0.4, 0.5) is 0 Å². The van der Waals surface area contributed by atoms with Crippen molar-refractivity contribution in [3.05, 3.63) is 30.1 Å². The normalized spacial score (nSPS) is 18.4. The third-order valence-electron chi connectivity index (χ3n) is 3.55. The summed E-state index contributed by atoms with van der Waals surface area (Å²) in [5.74, 6) is -0.907. The van der Waals surface area contributed by atoms with Gasteiger partial charge in [-0.3, -0.25) is 14.6 Å². The number of aliphatic carboxylic acids is 1. The Bertz CT molecular complexity index is 451. The molecule has 0 atom stereocenters. The molecule has 0 spiro atoms. The zero-order valence-corrected chi connectivity index (χ0v) is 10.3. The minimum absolute atomic E-state index is 0.122. The molecule has 1 aliphatic rings. The highest BCUT2D eigenvalue weighted by atomic mass is 16.4. The van der Waals surface area contributed by atoms with Gasteiger partial charge in [0.2, 0.25) is 0 Å². The van der Waals surface area contributed by atoms with E-state index in [4.69, 9.17) is 5.11 Å². The summed E-state index contributed by atoms with van der Waals surface area (Å²) >= 11 is 0. The number of rotatable bonds is 2. The minimum Gasteiger partial charge on any atom is -0.481 e. The van der Waals surface area contributed by atoms with Gasteiger partial charge in [0.05, 0.1) is 5.41 Å². The van der Waals surface area contributed by atoms with Crippen LogP contribution in [0.3, 0.4) is 0 Å². The quantitative estimate of drug-likeness (QED) is 0.859. The van der Waals surface area contributed by atoms with Crippen LogP contribution in [-0.2, 0) is 4.79 Å². The number of carbonyl (C=O) groups excluding carboxylic acids is 1. The van der Waals surface area contributed by atoms with Gasteiger partial charge in [0.15, 0.2) is 0 Å². The fourth-order valence-electron chi connectivity index (χ4n) is 2.07. The molecule has 0 radical (unpaired) electrons. The molecule has 18 heavy (non-hydrogen) atoms. The number of hydrogen-bond donors (Lipinski definition) is 1. The number of carboxylic acid groups (broad SMARTS) is 1. The van der Waals surface area contributed by atoms with E-state index in [1.54, 1.807) is 36.2 Å². The van der Waals surface area contributed by atoms with Crippen LogP contribution in [0.15, 0.2) is 24.4 Å². The second-order valence-electron chi connectivity index (χ2n) is 4.87. The van der Waals surface area contributed by atoms with Gasteiger partial charge < -0.3 is 10.0 Å². The Balaban J connectivity index is 2.03. The zero-order valence-electron chi connectivity index (χ0n) is 10.3. The van der Waals surface area contributed by atoms with Gasteiger partial charge in [-0.25, -0.2) is 0 Å². The Kier molecular flexibility index (Phi) is 3.32. The molecule has 0 unspecified atom stereocenters. The summed E-state index contributed by atoms with van der Waals surface area (Å²) in [4.78, 5) is 28.9. The van der Waals surface area contributed by atoms with Crippen molar-refractivity contribution < 1.29 is 14.7 Å². The van der Waals surface area contributed by atoms with Crippen LogP contribution in [0.25, 0.3) is 0 Å². The van der Waals surface area contributed by atoms with E-state index < -0.39 is 11.4 Å².